The Morgan fingerprint density at radius 3 is 2.43 bits per heavy atom. The maximum atomic E-state index is 12.8. The lowest BCUT2D eigenvalue weighted by atomic mass is 9.32. The van der Waals surface area contributed by atoms with Crippen LogP contribution in [0.3, 0.4) is 0 Å². The highest BCUT2D eigenvalue weighted by Crippen LogP contribution is 2.77. The average molecular weight is 479 g/mol. The van der Waals surface area contributed by atoms with Crippen molar-refractivity contribution in [2.75, 3.05) is 0 Å². The summed E-state index contributed by atoms with van der Waals surface area (Å²) in [5.41, 5.74) is 4.27. The van der Waals surface area contributed by atoms with Gasteiger partial charge in [-0.3, -0.25) is 9.89 Å². The number of carbonyl (C=O) groups is 1. The molecule has 4 fully saturated rings. The highest BCUT2D eigenvalue weighted by molar-refractivity contribution is 5.76. The maximum Gasteiger partial charge on any atom is 0.309 e. The Labute approximate surface area is 211 Å². The van der Waals surface area contributed by atoms with E-state index in [1.54, 1.807) is 0 Å². The molecular formula is C31H46N2O2. The fourth-order valence-corrected chi connectivity index (χ4v) is 11.9. The second-order valence-electron chi connectivity index (χ2n) is 14.8. The van der Waals surface area contributed by atoms with Crippen LogP contribution in [-0.2, 0) is 16.6 Å². The summed E-state index contributed by atoms with van der Waals surface area (Å²) in [6.07, 6.45) is 11.9. The molecule has 0 spiro atoms. The highest BCUT2D eigenvalue weighted by Gasteiger charge is 2.72. The molecule has 2 N–H and O–H groups in total. The van der Waals surface area contributed by atoms with Crippen molar-refractivity contribution in [2.45, 2.75) is 105 Å². The van der Waals surface area contributed by atoms with Gasteiger partial charge in [0.2, 0.25) is 0 Å². The van der Waals surface area contributed by atoms with Gasteiger partial charge in [0.05, 0.1) is 11.6 Å². The van der Waals surface area contributed by atoms with Crippen LogP contribution in [0, 0.1) is 51.2 Å². The van der Waals surface area contributed by atoms with Crippen LogP contribution in [0.1, 0.15) is 104 Å². The second kappa shape index (κ2) is 7.04. The Hall–Kier alpha value is -1.58. The predicted molar refractivity (Wildman–Crippen MR) is 139 cm³/mol. The molecule has 192 valence electrons. The number of rotatable bonds is 2. The molecule has 4 nitrogen and oxygen atoms in total. The molecule has 1 aromatic heterocycles. The SMILES string of the molecule is C=C(C)[C@@H]1CC[C@]2(C(=O)O)CC[C@]3(C)[C@H](CC[C@@H]4[C@@]5(C)Cc6cn[nH]c6C(C)(C)[C@@H]5CC[C@]43C)[C@@H]12. The summed E-state index contributed by atoms with van der Waals surface area (Å²) in [5, 5.41) is 18.4. The quantitative estimate of drug-likeness (QED) is 0.443. The van der Waals surface area contributed by atoms with E-state index in [1.165, 1.54) is 42.5 Å². The third-order valence-electron chi connectivity index (χ3n) is 13.6. The summed E-state index contributed by atoms with van der Waals surface area (Å²) >= 11 is 0. The van der Waals surface area contributed by atoms with E-state index in [4.69, 9.17) is 0 Å². The van der Waals surface area contributed by atoms with Crippen molar-refractivity contribution in [3.8, 4) is 0 Å². The molecule has 1 heterocycles. The Morgan fingerprint density at radius 1 is 1.00 bits per heavy atom. The van der Waals surface area contributed by atoms with E-state index < -0.39 is 11.4 Å². The monoisotopic (exact) mass is 478 g/mol. The molecule has 0 saturated heterocycles. The molecule has 0 amide bonds. The number of nitrogens with zero attached hydrogens (tertiary/aromatic N) is 1. The molecule has 0 radical (unpaired) electrons. The average Bonchev–Trinajstić information content (AvgIpc) is 3.39. The topological polar surface area (TPSA) is 66.0 Å². The third-order valence-corrected chi connectivity index (χ3v) is 13.6. The minimum Gasteiger partial charge on any atom is -0.481 e. The van der Waals surface area contributed by atoms with Crippen molar-refractivity contribution >= 4 is 5.97 Å². The summed E-state index contributed by atoms with van der Waals surface area (Å²) in [5.74, 6) is 1.89. The molecule has 35 heavy (non-hydrogen) atoms. The van der Waals surface area contributed by atoms with Gasteiger partial charge >= 0.3 is 5.97 Å². The lowest BCUT2D eigenvalue weighted by molar-refractivity contribution is -0.227. The molecule has 6 rings (SSSR count). The van der Waals surface area contributed by atoms with E-state index in [1.807, 2.05) is 0 Å². The van der Waals surface area contributed by atoms with Gasteiger partial charge in [0.1, 0.15) is 0 Å². The summed E-state index contributed by atoms with van der Waals surface area (Å²) < 4.78 is 0. The third kappa shape index (κ3) is 2.65. The van der Waals surface area contributed by atoms with E-state index in [0.29, 0.717) is 23.7 Å². The van der Waals surface area contributed by atoms with Crippen LogP contribution in [0.5, 0.6) is 0 Å². The van der Waals surface area contributed by atoms with Gasteiger partial charge in [0.25, 0.3) is 0 Å². The number of fused-ring (bicyclic) bond motifs is 8. The molecule has 0 bridgehead atoms. The Balaban J connectivity index is 1.44. The highest BCUT2D eigenvalue weighted by atomic mass is 16.4. The van der Waals surface area contributed by atoms with Crippen LogP contribution in [0.4, 0.5) is 0 Å². The molecule has 4 saturated carbocycles. The van der Waals surface area contributed by atoms with Crippen LogP contribution in [0.25, 0.3) is 0 Å². The number of nitrogens with one attached hydrogen (secondary N) is 1. The number of carboxylic acids is 1. The van der Waals surface area contributed by atoms with Crippen LogP contribution < -0.4 is 0 Å². The van der Waals surface area contributed by atoms with E-state index in [0.717, 1.165) is 32.1 Å². The van der Waals surface area contributed by atoms with E-state index in [9.17, 15) is 9.90 Å². The first-order valence-corrected chi connectivity index (χ1v) is 14.2. The van der Waals surface area contributed by atoms with Crippen LogP contribution in [0.2, 0.25) is 0 Å². The van der Waals surface area contributed by atoms with E-state index in [-0.39, 0.29) is 27.6 Å². The first kappa shape index (κ1) is 23.8. The fraction of sp³-hybridized carbons (Fsp3) is 0.806. The normalized spacial score (nSPS) is 49.7. The van der Waals surface area contributed by atoms with Crippen molar-refractivity contribution < 1.29 is 9.90 Å². The smallest absolute Gasteiger partial charge is 0.309 e. The second-order valence-corrected chi connectivity index (χ2v) is 14.8. The molecular weight excluding hydrogens is 432 g/mol. The Kier molecular flexibility index (Phi) is 4.79. The van der Waals surface area contributed by atoms with Crippen LogP contribution >= 0.6 is 0 Å². The fourth-order valence-electron chi connectivity index (χ4n) is 11.9. The van der Waals surface area contributed by atoms with Crippen molar-refractivity contribution in [1.82, 2.24) is 10.2 Å². The number of aromatic nitrogens is 2. The lowest BCUT2D eigenvalue weighted by Crippen LogP contribution is -2.66. The number of aromatic amines is 1. The zero-order chi connectivity index (χ0) is 25.2. The molecule has 0 unspecified atom stereocenters. The van der Waals surface area contributed by atoms with E-state index in [2.05, 4.69) is 64.5 Å². The van der Waals surface area contributed by atoms with Gasteiger partial charge in [-0.05, 0) is 116 Å². The molecule has 9 atom stereocenters. The molecule has 5 aliphatic rings. The van der Waals surface area contributed by atoms with Gasteiger partial charge in [0, 0.05) is 11.1 Å². The van der Waals surface area contributed by atoms with E-state index >= 15 is 0 Å². The summed E-state index contributed by atoms with van der Waals surface area (Å²) in [6.45, 7) is 19.2. The molecule has 4 heteroatoms. The summed E-state index contributed by atoms with van der Waals surface area (Å²) in [7, 11) is 0. The Morgan fingerprint density at radius 2 is 1.74 bits per heavy atom. The Bertz CT molecular complexity index is 1090. The number of hydrogen-bond donors (Lipinski definition) is 2. The van der Waals surface area contributed by atoms with Gasteiger partial charge in [-0.2, -0.15) is 5.10 Å². The van der Waals surface area contributed by atoms with Crippen molar-refractivity contribution in [2.24, 2.45) is 51.2 Å². The molecule has 1 aromatic rings. The minimum absolute atomic E-state index is 0.111. The number of hydrogen-bond acceptors (Lipinski definition) is 2. The van der Waals surface area contributed by atoms with Crippen molar-refractivity contribution in [3.05, 3.63) is 29.6 Å². The molecule has 5 aliphatic carbocycles. The van der Waals surface area contributed by atoms with Gasteiger partial charge in [-0.15, -0.1) is 0 Å². The lowest BCUT2D eigenvalue weighted by Gasteiger charge is -2.72. The van der Waals surface area contributed by atoms with Gasteiger partial charge in [-0.1, -0.05) is 46.8 Å². The molecule has 0 aromatic carbocycles. The van der Waals surface area contributed by atoms with Gasteiger partial charge in [-0.25, -0.2) is 0 Å². The largest absolute Gasteiger partial charge is 0.481 e. The zero-order valence-corrected chi connectivity index (χ0v) is 22.8. The standard InChI is InChI=1S/C31H46N2O2/c1-18(2)20-10-13-31(26(34)35)15-14-29(6)21(24(20)31)8-9-23-28(5)16-19-17-32-33-25(19)27(3,4)22(28)11-12-30(23,29)7/h17,20-24H,1,8-16H2,2-7H3,(H,32,33)(H,34,35)/t20-,21+,22-,23+,24+,28-,29+,30+,31-/m0/s1. The minimum atomic E-state index is -0.531. The van der Waals surface area contributed by atoms with Crippen molar-refractivity contribution in [1.29, 1.82) is 0 Å². The van der Waals surface area contributed by atoms with Gasteiger partial charge in [0.15, 0.2) is 0 Å². The first-order valence-electron chi connectivity index (χ1n) is 14.2. The van der Waals surface area contributed by atoms with Crippen molar-refractivity contribution in [3.63, 3.8) is 0 Å². The summed E-state index contributed by atoms with van der Waals surface area (Å²) in [4.78, 5) is 12.8. The van der Waals surface area contributed by atoms with Gasteiger partial charge < -0.3 is 5.11 Å². The molecule has 0 aliphatic heterocycles. The summed E-state index contributed by atoms with van der Waals surface area (Å²) in [6, 6.07) is 0. The zero-order valence-electron chi connectivity index (χ0n) is 22.8. The number of allylic oxidation sites excluding steroid dienone is 1. The predicted octanol–water partition coefficient (Wildman–Crippen LogP) is 7.17. The van der Waals surface area contributed by atoms with Crippen LogP contribution in [-0.4, -0.2) is 21.3 Å². The van der Waals surface area contributed by atoms with Crippen LogP contribution in [0.15, 0.2) is 18.3 Å². The number of aliphatic carboxylic acids is 1. The number of carboxylic acid groups (broad SMARTS) is 1. The maximum absolute atomic E-state index is 12.8. The number of H-pyrrole nitrogens is 1. The first-order chi connectivity index (χ1) is 16.3.